The lowest BCUT2D eigenvalue weighted by molar-refractivity contribution is 0.446. The van der Waals surface area contributed by atoms with Gasteiger partial charge in [-0.2, -0.15) is 0 Å². The second-order valence-electron chi connectivity index (χ2n) is 5.44. The highest BCUT2D eigenvalue weighted by Crippen LogP contribution is 2.18. The molecular formula is C17H27BrFN. The third-order valence-corrected chi connectivity index (χ3v) is 4.06. The van der Waals surface area contributed by atoms with Crippen molar-refractivity contribution in [1.29, 1.82) is 0 Å². The highest BCUT2D eigenvalue weighted by Gasteiger charge is 2.12. The first-order chi connectivity index (χ1) is 9.67. The van der Waals surface area contributed by atoms with Gasteiger partial charge in [-0.1, -0.05) is 61.5 Å². The molecule has 20 heavy (non-hydrogen) atoms. The number of halogens is 2. The number of unbranched alkanes of at least 4 members (excludes halogenated alkanes) is 3. The first kappa shape index (κ1) is 17.6. The maximum atomic E-state index is 13.9. The minimum absolute atomic E-state index is 0.101. The number of benzene rings is 1. The zero-order valence-electron chi connectivity index (χ0n) is 12.7. The van der Waals surface area contributed by atoms with E-state index in [4.69, 9.17) is 0 Å². The molecule has 1 nitrogen and oxygen atoms in total. The predicted molar refractivity (Wildman–Crippen MR) is 88.6 cm³/mol. The van der Waals surface area contributed by atoms with Crippen LogP contribution in [0, 0.1) is 5.82 Å². The summed E-state index contributed by atoms with van der Waals surface area (Å²) >= 11 is 3.31. The average Bonchev–Trinajstić information content (AvgIpc) is 2.43. The van der Waals surface area contributed by atoms with Gasteiger partial charge in [-0.3, -0.25) is 0 Å². The van der Waals surface area contributed by atoms with Crippen LogP contribution in [0.1, 0.15) is 57.9 Å². The van der Waals surface area contributed by atoms with Crippen LogP contribution in [0.5, 0.6) is 0 Å². The average molecular weight is 344 g/mol. The number of hydrogen-bond donors (Lipinski definition) is 1. The molecule has 0 aliphatic carbocycles. The Morgan fingerprint density at radius 1 is 1.15 bits per heavy atom. The lowest BCUT2D eigenvalue weighted by Crippen LogP contribution is -2.32. The fourth-order valence-electron chi connectivity index (χ4n) is 2.39. The van der Waals surface area contributed by atoms with E-state index < -0.39 is 0 Å². The highest BCUT2D eigenvalue weighted by atomic mass is 79.9. The SMILES string of the molecule is CCCCCCC(Cc1ccc(Br)cc1F)NCCC. The van der Waals surface area contributed by atoms with Crippen molar-refractivity contribution in [3.8, 4) is 0 Å². The molecule has 0 saturated carbocycles. The van der Waals surface area contributed by atoms with Crippen LogP contribution in [0.4, 0.5) is 4.39 Å². The van der Waals surface area contributed by atoms with Crippen molar-refractivity contribution >= 4 is 15.9 Å². The van der Waals surface area contributed by atoms with Crippen LogP contribution in [0.15, 0.2) is 22.7 Å². The molecule has 0 amide bonds. The quantitative estimate of drug-likeness (QED) is 0.555. The largest absolute Gasteiger partial charge is 0.314 e. The number of nitrogens with one attached hydrogen (secondary N) is 1. The maximum Gasteiger partial charge on any atom is 0.127 e. The van der Waals surface area contributed by atoms with E-state index in [2.05, 4.69) is 35.1 Å². The molecule has 0 aromatic heterocycles. The molecule has 0 heterocycles. The minimum Gasteiger partial charge on any atom is -0.314 e. The summed E-state index contributed by atoms with van der Waals surface area (Å²) in [4.78, 5) is 0. The summed E-state index contributed by atoms with van der Waals surface area (Å²) in [6.45, 7) is 5.40. The van der Waals surface area contributed by atoms with Crippen molar-refractivity contribution in [2.24, 2.45) is 0 Å². The van der Waals surface area contributed by atoms with Gasteiger partial charge in [0.25, 0.3) is 0 Å². The summed E-state index contributed by atoms with van der Waals surface area (Å²) in [5, 5.41) is 3.56. The maximum absolute atomic E-state index is 13.9. The third-order valence-electron chi connectivity index (χ3n) is 3.57. The molecule has 1 unspecified atom stereocenters. The van der Waals surface area contributed by atoms with Gasteiger partial charge in [0, 0.05) is 10.5 Å². The van der Waals surface area contributed by atoms with Crippen LogP contribution in [-0.2, 0) is 6.42 Å². The van der Waals surface area contributed by atoms with Gasteiger partial charge in [-0.25, -0.2) is 4.39 Å². The van der Waals surface area contributed by atoms with E-state index in [0.29, 0.717) is 6.04 Å². The highest BCUT2D eigenvalue weighted by molar-refractivity contribution is 9.10. The van der Waals surface area contributed by atoms with Gasteiger partial charge in [0.15, 0.2) is 0 Å². The minimum atomic E-state index is -0.101. The van der Waals surface area contributed by atoms with Crippen LogP contribution < -0.4 is 5.32 Å². The van der Waals surface area contributed by atoms with Crippen LogP contribution in [0.2, 0.25) is 0 Å². The lowest BCUT2D eigenvalue weighted by atomic mass is 9.99. The van der Waals surface area contributed by atoms with Gasteiger partial charge in [0.05, 0.1) is 0 Å². The van der Waals surface area contributed by atoms with Crippen molar-refractivity contribution in [2.45, 2.75) is 64.8 Å². The monoisotopic (exact) mass is 343 g/mol. The molecule has 1 N–H and O–H groups in total. The molecular weight excluding hydrogens is 317 g/mol. The zero-order chi connectivity index (χ0) is 14.8. The smallest absolute Gasteiger partial charge is 0.127 e. The van der Waals surface area contributed by atoms with Crippen molar-refractivity contribution in [1.82, 2.24) is 5.32 Å². The topological polar surface area (TPSA) is 12.0 Å². The molecule has 0 aliphatic rings. The molecule has 0 fully saturated rings. The summed E-state index contributed by atoms with van der Waals surface area (Å²) in [5.74, 6) is -0.101. The normalized spacial score (nSPS) is 12.6. The van der Waals surface area contributed by atoms with E-state index in [9.17, 15) is 4.39 Å². The Balaban J connectivity index is 2.53. The lowest BCUT2D eigenvalue weighted by Gasteiger charge is -2.19. The van der Waals surface area contributed by atoms with Crippen molar-refractivity contribution in [3.63, 3.8) is 0 Å². The van der Waals surface area contributed by atoms with Crippen LogP contribution >= 0.6 is 15.9 Å². The molecule has 0 radical (unpaired) electrons. The Bertz CT molecular complexity index is 381. The summed E-state index contributed by atoms with van der Waals surface area (Å²) in [6, 6.07) is 5.77. The molecule has 0 aliphatic heterocycles. The summed E-state index contributed by atoms with van der Waals surface area (Å²) < 4.78 is 14.7. The van der Waals surface area contributed by atoms with Crippen LogP contribution in [0.25, 0.3) is 0 Å². The fourth-order valence-corrected chi connectivity index (χ4v) is 2.73. The summed E-state index contributed by atoms with van der Waals surface area (Å²) in [5.41, 5.74) is 0.817. The van der Waals surface area contributed by atoms with Crippen molar-refractivity contribution < 1.29 is 4.39 Å². The molecule has 0 bridgehead atoms. The van der Waals surface area contributed by atoms with E-state index >= 15 is 0 Å². The second kappa shape index (κ2) is 10.3. The van der Waals surface area contributed by atoms with Gasteiger partial charge >= 0.3 is 0 Å². The molecule has 3 heteroatoms. The fraction of sp³-hybridized carbons (Fsp3) is 0.647. The van der Waals surface area contributed by atoms with Gasteiger partial charge in [-0.05, 0) is 43.5 Å². The Labute approximate surface area is 131 Å². The molecule has 0 saturated heterocycles. The second-order valence-corrected chi connectivity index (χ2v) is 6.36. The van der Waals surface area contributed by atoms with Gasteiger partial charge in [0.2, 0.25) is 0 Å². The molecule has 1 aromatic rings. The standard InChI is InChI=1S/C17H27BrFN/c1-3-5-6-7-8-16(20-11-4-2)12-14-9-10-15(18)13-17(14)19/h9-10,13,16,20H,3-8,11-12H2,1-2H3. The number of rotatable bonds is 10. The van der Waals surface area contributed by atoms with Crippen molar-refractivity contribution in [2.75, 3.05) is 6.54 Å². The Kier molecular flexibility index (Phi) is 9.12. The van der Waals surface area contributed by atoms with E-state index in [1.54, 1.807) is 6.07 Å². The Morgan fingerprint density at radius 2 is 1.95 bits per heavy atom. The predicted octanol–water partition coefficient (Wildman–Crippen LogP) is 5.47. The van der Waals surface area contributed by atoms with Crippen molar-refractivity contribution in [3.05, 3.63) is 34.1 Å². The van der Waals surface area contributed by atoms with E-state index in [0.717, 1.165) is 35.8 Å². The van der Waals surface area contributed by atoms with Gasteiger partial charge in [0.1, 0.15) is 5.82 Å². The third kappa shape index (κ3) is 6.85. The molecule has 1 atom stereocenters. The zero-order valence-corrected chi connectivity index (χ0v) is 14.3. The van der Waals surface area contributed by atoms with Gasteiger partial charge in [-0.15, -0.1) is 0 Å². The van der Waals surface area contributed by atoms with Crippen LogP contribution in [0.3, 0.4) is 0 Å². The summed E-state index contributed by atoms with van der Waals surface area (Å²) in [7, 11) is 0. The molecule has 0 spiro atoms. The van der Waals surface area contributed by atoms with Gasteiger partial charge < -0.3 is 5.32 Å². The molecule has 114 valence electrons. The summed E-state index contributed by atoms with van der Waals surface area (Å²) in [6.07, 6.45) is 8.10. The van der Waals surface area contributed by atoms with Crippen LogP contribution in [-0.4, -0.2) is 12.6 Å². The first-order valence-corrected chi connectivity index (χ1v) is 8.64. The van der Waals surface area contributed by atoms with E-state index in [-0.39, 0.29) is 5.82 Å². The van der Waals surface area contributed by atoms with E-state index in [1.807, 2.05) is 12.1 Å². The molecule has 1 rings (SSSR count). The Morgan fingerprint density at radius 3 is 2.60 bits per heavy atom. The molecule has 1 aromatic carbocycles. The van der Waals surface area contributed by atoms with E-state index in [1.165, 1.54) is 25.7 Å². The number of hydrogen-bond acceptors (Lipinski definition) is 1. The Hall–Kier alpha value is -0.410. The first-order valence-electron chi connectivity index (χ1n) is 7.84.